The van der Waals surface area contributed by atoms with Crippen LogP contribution in [0.2, 0.25) is 0 Å². The summed E-state index contributed by atoms with van der Waals surface area (Å²) in [6, 6.07) is 6.50. The van der Waals surface area contributed by atoms with Gasteiger partial charge in [-0.3, -0.25) is 4.79 Å². The number of quaternary nitrogens is 1. The first-order chi connectivity index (χ1) is 8.53. The number of benzene rings is 1. The Morgan fingerprint density at radius 3 is 2.78 bits per heavy atom. The molecule has 1 aromatic rings. The number of amides is 2. The number of nitrogens with two attached hydrogens (primary N) is 1. The highest BCUT2D eigenvalue weighted by molar-refractivity contribution is 5.94. The van der Waals surface area contributed by atoms with E-state index in [1.807, 2.05) is 6.07 Å². The molecule has 1 aliphatic heterocycles. The van der Waals surface area contributed by atoms with Gasteiger partial charge in [0.2, 0.25) is 0 Å². The van der Waals surface area contributed by atoms with E-state index in [4.69, 9.17) is 5.73 Å². The highest BCUT2D eigenvalue weighted by Crippen LogP contribution is 2.20. The number of primary amides is 1. The molecule has 1 radical (unpaired) electrons. The average Bonchev–Trinajstić information content (AvgIpc) is 2.79. The average molecular weight is 243 g/mol. The van der Waals surface area contributed by atoms with Crippen LogP contribution >= 0.6 is 0 Å². The van der Waals surface area contributed by atoms with E-state index in [1.54, 1.807) is 18.2 Å². The van der Waals surface area contributed by atoms with Crippen LogP contribution in [0, 0.1) is 6.08 Å². The van der Waals surface area contributed by atoms with Crippen LogP contribution in [0.4, 0.5) is 4.79 Å². The quantitative estimate of drug-likeness (QED) is 0.647. The molecule has 5 heteroatoms. The highest BCUT2D eigenvalue weighted by atomic mass is 16.2. The first kappa shape index (κ1) is 12.2. The molecule has 2 amide bonds. The van der Waals surface area contributed by atoms with Gasteiger partial charge >= 0.3 is 6.03 Å². The van der Waals surface area contributed by atoms with Gasteiger partial charge in [0.25, 0.3) is 0 Å². The molecule has 0 bridgehead atoms. The Morgan fingerprint density at radius 1 is 1.44 bits per heavy atom. The van der Waals surface area contributed by atoms with E-state index in [-0.39, 0.29) is 16.9 Å². The predicted molar refractivity (Wildman–Crippen MR) is 66.3 cm³/mol. The number of hydrogen-bond donors (Lipinski definition) is 1. The van der Waals surface area contributed by atoms with Gasteiger partial charge in [-0.25, -0.2) is 4.79 Å². The largest absolute Gasteiger partial charge is 0.445 e. The zero-order valence-electron chi connectivity index (χ0n) is 9.96. The van der Waals surface area contributed by atoms with E-state index < -0.39 is 6.03 Å². The highest BCUT2D eigenvalue weighted by Gasteiger charge is 2.35. The van der Waals surface area contributed by atoms with Gasteiger partial charge in [-0.05, 0) is 13.0 Å². The lowest BCUT2D eigenvalue weighted by Crippen LogP contribution is -2.45. The summed E-state index contributed by atoms with van der Waals surface area (Å²) in [6.45, 7) is 1.78. The molecule has 0 fully saturated rings. The molecule has 2 N–H and O–H groups in total. The summed E-state index contributed by atoms with van der Waals surface area (Å²) >= 11 is 0. The van der Waals surface area contributed by atoms with Crippen LogP contribution in [0.1, 0.15) is 22.8 Å². The van der Waals surface area contributed by atoms with Crippen molar-refractivity contribution in [2.45, 2.75) is 13.5 Å². The van der Waals surface area contributed by atoms with Gasteiger partial charge in [-0.2, -0.15) is 0 Å². The van der Waals surface area contributed by atoms with Crippen LogP contribution in [-0.2, 0) is 6.54 Å². The maximum Gasteiger partial charge on any atom is 0.445 e. The molecule has 1 unspecified atom stereocenters. The van der Waals surface area contributed by atoms with Crippen molar-refractivity contribution >= 4 is 18.0 Å². The van der Waals surface area contributed by atoms with E-state index in [2.05, 4.69) is 11.2 Å². The molecule has 0 spiro atoms. The predicted octanol–water partition coefficient (Wildman–Crippen LogP) is 1.60. The lowest BCUT2D eigenvalue weighted by Gasteiger charge is -2.20. The fourth-order valence-electron chi connectivity index (χ4n) is 1.78. The van der Waals surface area contributed by atoms with Gasteiger partial charge in [0.15, 0.2) is 5.78 Å². The van der Waals surface area contributed by atoms with Crippen LogP contribution < -0.4 is 5.73 Å². The van der Waals surface area contributed by atoms with Gasteiger partial charge in [0.05, 0.1) is 12.3 Å². The topological polar surface area (TPSA) is 72.5 Å². The Hall–Kier alpha value is -2.27. The van der Waals surface area contributed by atoms with Gasteiger partial charge in [0, 0.05) is 11.1 Å². The van der Waals surface area contributed by atoms with E-state index in [0.717, 1.165) is 5.56 Å². The summed E-state index contributed by atoms with van der Waals surface area (Å²) in [5.41, 5.74) is 6.78. The number of urea groups is 1. The molecule has 0 saturated heterocycles. The number of ketones is 1. The van der Waals surface area contributed by atoms with E-state index in [0.29, 0.717) is 5.56 Å². The van der Waals surface area contributed by atoms with Crippen molar-refractivity contribution in [3.8, 4) is 0 Å². The molecule has 5 nitrogen and oxygen atoms in total. The zero-order valence-corrected chi connectivity index (χ0v) is 9.96. The van der Waals surface area contributed by atoms with Crippen molar-refractivity contribution in [2.24, 2.45) is 10.8 Å². The first-order valence-corrected chi connectivity index (χ1v) is 5.46. The normalized spacial score (nSPS) is 21.2. The van der Waals surface area contributed by atoms with Gasteiger partial charge < -0.3 is 5.73 Å². The molecule has 0 aromatic heterocycles. The van der Waals surface area contributed by atoms with Gasteiger partial charge in [-0.15, -0.1) is 0 Å². The molecule has 1 aliphatic rings. The third kappa shape index (κ3) is 2.21. The van der Waals surface area contributed by atoms with Gasteiger partial charge in [-0.1, -0.05) is 27.9 Å². The standard InChI is InChI=1S/C13H12N3O2/c1-10(17)12-5-2-4-11(8-12)9-16(13(14)18)7-3-6-15-16/h2,4-8H,9H2,1H3,(H-,14,18)/p+1. The van der Waals surface area contributed by atoms with Gasteiger partial charge in [0.1, 0.15) is 12.7 Å². The number of allylic oxidation sites excluding steroid dienone is 1. The minimum atomic E-state index is -0.579. The van der Waals surface area contributed by atoms with Crippen LogP contribution in [0.5, 0.6) is 0 Å². The SMILES string of the molecule is CC(=O)c1cccc(C[N+]2(C(N)=O)C=[C]C=N2)c1. The second-order valence-corrected chi connectivity index (χ2v) is 4.12. The lowest BCUT2D eigenvalue weighted by molar-refractivity contribution is -0.815. The number of hydrogen-bond acceptors (Lipinski definition) is 3. The molecule has 0 saturated carbocycles. The van der Waals surface area contributed by atoms with Crippen LogP contribution in [0.15, 0.2) is 35.6 Å². The molecular formula is C13H13N3O2+. The monoisotopic (exact) mass is 243 g/mol. The molecule has 0 aliphatic carbocycles. The van der Waals surface area contributed by atoms with Crippen molar-refractivity contribution in [1.29, 1.82) is 0 Å². The molecule has 18 heavy (non-hydrogen) atoms. The Kier molecular flexibility index (Phi) is 3.08. The van der Waals surface area contributed by atoms with Crippen molar-refractivity contribution in [1.82, 2.24) is 0 Å². The maximum absolute atomic E-state index is 11.5. The minimum absolute atomic E-state index is 0.0190. The maximum atomic E-state index is 11.5. The Balaban J connectivity index is 2.31. The van der Waals surface area contributed by atoms with E-state index in [1.165, 1.54) is 19.3 Å². The fraction of sp³-hybridized carbons (Fsp3) is 0.154. The first-order valence-electron chi connectivity index (χ1n) is 5.46. The minimum Gasteiger partial charge on any atom is -0.316 e. The molecule has 1 heterocycles. The van der Waals surface area contributed by atoms with Crippen molar-refractivity contribution in [3.05, 3.63) is 47.7 Å². The molecule has 1 atom stereocenters. The number of Topliss-reactive ketones (excluding diaryl/α,β-unsaturated/α-hetero) is 1. The zero-order chi connectivity index (χ0) is 13.2. The van der Waals surface area contributed by atoms with Crippen LogP contribution in [-0.4, -0.2) is 22.6 Å². The summed E-state index contributed by atoms with van der Waals surface area (Å²) in [5, 5.41) is 4.02. The number of carbonyl (C=O) groups is 2. The Labute approximate surface area is 105 Å². The van der Waals surface area contributed by atoms with Crippen molar-refractivity contribution in [2.75, 3.05) is 0 Å². The lowest BCUT2D eigenvalue weighted by atomic mass is 10.1. The third-order valence-corrected chi connectivity index (χ3v) is 2.77. The van der Waals surface area contributed by atoms with E-state index >= 15 is 0 Å². The summed E-state index contributed by atoms with van der Waals surface area (Å²) in [5.74, 6) is -0.0190. The molecular weight excluding hydrogens is 230 g/mol. The third-order valence-electron chi connectivity index (χ3n) is 2.77. The second kappa shape index (κ2) is 4.54. The summed E-state index contributed by atoms with van der Waals surface area (Å²) in [7, 11) is 0. The molecule has 2 rings (SSSR count). The summed E-state index contributed by atoms with van der Waals surface area (Å²) < 4.78 is -0.346. The number of nitrogens with zero attached hydrogens (tertiary/aromatic N) is 2. The van der Waals surface area contributed by atoms with Crippen molar-refractivity contribution < 1.29 is 14.2 Å². The van der Waals surface area contributed by atoms with Crippen LogP contribution in [0.25, 0.3) is 0 Å². The molecule has 1 aromatic carbocycles. The Morgan fingerprint density at radius 2 is 2.22 bits per heavy atom. The number of rotatable bonds is 3. The smallest absolute Gasteiger partial charge is 0.316 e. The fourth-order valence-corrected chi connectivity index (χ4v) is 1.78. The summed E-state index contributed by atoms with van der Waals surface area (Å²) in [4.78, 5) is 22.8. The van der Waals surface area contributed by atoms with E-state index in [9.17, 15) is 9.59 Å². The Bertz CT molecular complexity index is 549. The number of carbonyl (C=O) groups excluding carboxylic acids is 2. The second-order valence-electron chi connectivity index (χ2n) is 4.12. The van der Waals surface area contributed by atoms with Crippen molar-refractivity contribution in [3.63, 3.8) is 0 Å². The van der Waals surface area contributed by atoms with Crippen LogP contribution in [0.3, 0.4) is 0 Å². The molecule has 91 valence electrons. The summed E-state index contributed by atoms with van der Waals surface area (Å²) in [6.07, 6.45) is 5.66.